The van der Waals surface area contributed by atoms with Crippen molar-refractivity contribution in [1.82, 2.24) is 10.2 Å². The molecule has 3 unspecified atom stereocenters. The summed E-state index contributed by atoms with van der Waals surface area (Å²) >= 11 is 1.94. The van der Waals surface area contributed by atoms with Gasteiger partial charge < -0.3 is 5.32 Å². The molecule has 0 radical (unpaired) electrons. The van der Waals surface area contributed by atoms with Crippen LogP contribution in [0.4, 0.5) is 0 Å². The van der Waals surface area contributed by atoms with Crippen LogP contribution in [0.5, 0.6) is 0 Å². The molecule has 1 aromatic heterocycles. The number of hydrogen-bond donors (Lipinski definition) is 1. The first kappa shape index (κ1) is 14.0. The highest BCUT2D eigenvalue weighted by Gasteiger charge is 2.28. The third-order valence-corrected chi connectivity index (χ3v) is 5.29. The molecule has 3 heteroatoms. The largest absolute Gasteiger partial charge is 0.314 e. The van der Waals surface area contributed by atoms with E-state index in [1.165, 1.54) is 29.3 Å². The first-order valence-electron chi connectivity index (χ1n) is 7.15. The zero-order valence-corrected chi connectivity index (χ0v) is 12.9. The molecule has 1 saturated heterocycles. The van der Waals surface area contributed by atoms with Crippen LogP contribution in [0.2, 0.25) is 0 Å². The van der Waals surface area contributed by atoms with Gasteiger partial charge in [-0.15, -0.1) is 11.3 Å². The van der Waals surface area contributed by atoms with Crippen molar-refractivity contribution in [1.29, 1.82) is 0 Å². The second-order valence-electron chi connectivity index (χ2n) is 5.55. The summed E-state index contributed by atoms with van der Waals surface area (Å²) in [5, 5.41) is 3.61. The van der Waals surface area contributed by atoms with Gasteiger partial charge in [-0.05, 0) is 44.9 Å². The molecule has 0 amide bonds. The summed E-state index contributed by atoms with van der Waals surface area (Å²) in [5.74, 6) is 0.752. The summed E-state index contributed by atoms with van der Waals surface area (Å²) in [6, 6.07) is 5.83. The van der Waals surface area contributed by atoms with Crippen LogP contribution in [-0.2, 0) is 0 Å². The summed E-state index contributed by atoms with van der Waals surface area (Å²) in [5.41, 5.74) is 0. The molecular weight excluding hydrogens is 240 g/mol. The maximum Gasteiger partial charge on any atom is 0.0413 e. The van der Waals surface area contributed by atoms with E-state index >= 15 is 0 Å². The summed E-state index contributed by atoms with van der Waals surface area (Å²) in [7, 11) is 0. The number of nitrogens with zero attached hydrogens (tertiary/aromatic N) is 1. The van der Waals surface area contributed by atoms with Crippen LogP contribution in [0, 0.1) is 12.8 Å². The molecule has 0 aromatic carbocycles. The Morgan fingerprint density at radius 2 is 2.28 bits per heavy atom. The molecule has 2 nitrogen and oxygen atoms in total. The quantitative estimate of drug-likeness (QED) is 0.898. The number of nitrogens with one attached hydrogen (secondary N) is 1. The molecule has 0 saturated carbocycles. The SMILES string of the molecule is CCNC1CCN(C(C)c2ccc(C)s2)CC1C. The van der Waals surface area contributed by atoms with E-state index in [1.807, 2.05) is 11.3 Å². The molecule has 102 valence electrons. The van der Waals surface area contributed by atoms with Crippen molar-refractivity contribution in [3.8, 4) is 0 Å². The average molecular weight is 266 g/mol. The minimum absolute atomic E-state index is 0.578. The van der Waals surface area contributed by atoms with Crippen molar-refractivity contribution < 1.29 is 0 Å². The number of rotatable bonds is 4. The molecule has 1 aromatic rings. The molecule has 1 aliphatic rings. The lowest BCUT2D eigenvalue weighted by Crippen LogP contribution is -2.48. The second-order valence-corrected chi connectivity index (χ2v) is 6.87. The van der Waals surface area contributed by atoms with Crippen molar-refractivity contribution in [2.75, 3.05) is 19.6 Å². The van der Waals surface area contributed by atoms with Crippen LogP contribution in [0.1, 0.15) is 43.0 Å². The normalized spacial score (nSPS) is 27.3. The Balaban J connectivity index is 1.95. The van der Waals surface area contributed by atoms with Crippen LogP contribution in [-0.4, -0.2) is 30.6 Å². The van der Waals surface area contributed by atoms with Gasteiger partial charge in [0.2, 0.25) is 0 Å². The molecule has 2 rings (SSSR count). The lowest BCUT2D eigenvalue weighted by Gasteiger charge is -2.40. The van der Waals surface area contributed by atoms with E-state index in [0.29, 0.717) is 12.1 Å². The Labute approximate surface area is 115 Å². The molecule has 3 atom stereocenters. The van der Waals surface area contributed by atoms with E-state index in [9.17, 15) is 0 Å². The Hall–Kier alpha value is -0.380. The molecule has 1 fully saturated rings. The fraction of sp³-hybridized carbons (Fsp3) is 0.733. The third-order valence-electron chi connectivity index (χ3n) is 4.12. The monoisotopic (exact) mass is 266 g/mol. The van der Waals surface area contributed by atoms with Crippen LogP contribution in [0.25, 0.3) is 0 Å². The standard InChI is InChI=1S/C15H26N2S/c1-5-16-14-8-9-17(10-11(14)2)13(4)15-7-6-12(3)18-15/h6-7,11,13-14,16H,5,8-10H2,1-4H3. The summed E-state index contributed by atoms with van der Waals surface area (Å²) < 4.78 is 0. The Bertz CT molecular complexity index is 374. The van der Waals surface area contributed by atoms with Crippen molar-refractivity contribution in [3.05, 3.63) is 21.9 Å². The molecule has 0 bridgehead atoms. The minimum Gasteiger partial charge on any atom is -0.314 e. The zero-order chi connectivity index (χ0) is 13.1. The summed E-state index contributed by atoms with van der Waals surface area (Å²) in [6.07, 6.45) is 1.28. The Morgan fingerprint density at radius 1 is 1.50 bits per heavy atom. The Morgan fingerprint density at radius 3 is 2.83 bits per heavy atom. The van der Waals surface area contributed by atoms with E-state index in [-0.39, 0.29) is 0 Å². The molecule has 2 heterocycles. The summed E-state index contributed by atoms with van der Waals surface area (Å²) in [4.78, 5) is 5.58. The molecule has 0 spiro atoms. The number of hydrogen-bond acceptors (Lipinski definition) is 3. The first-order valence-corrected chi connectivity index (χ1v) is 7.97. The van der Waals surface area contributed by atoms with Gasteiger partial charge in [0.25, 0.3) is 0 Å². The molecule has 1 N–H and O–H groups in total. The van der Waals surface area contributed by atoms with Gasteiger partial charge in [-0.25, -0.2) is 0 Å². The van der Waals surface area contributed by atoms with Gasteiger partial charge in [-0.1, -0.05) is 13.8 Å². The second kappa shape index (κ2) is 6.18. The predicted molar refractivity (Wildman–Crippen MR) is 80.3 cm³/mol. The van der Waals surface area contributed by atoms with Crippen LogP contribution in [0.15, 0.2) is 12.1 Å². The van der Waals surface area contributed by atoms with E-state index in [1.54, 1.807) is 0 Å². The molecule has 18 heavy (non-hydrogen) atoms. The van der Waals surface area contributed by atoms with Crippen molar-refractivity contribution in [2.24, 2.45) is 5.92 Å². The van der Waals surface area contributed by atoms with Crippen LogP contribution >= 0.6 is 11.3 Å². The summed E-state index contributed by atoms with van der Waals surface area (Å²) in [6.45, 7) is 12.7. The van der Waals surface area contributed by atoms with Gasteiger partial charge in [0, 0.05) is 34.9 Å². The number of piperidine rings is 1. The van der Waals surface area contributed by atoms with Crippen molar-refractivity contribution >= 4 is 11.3 Å². The predicted octanol–water partition coefficient (Wildman–Crippen LogP) is 3.44. The lowest BCUT2D eigenvalue weighted by molar-refractivity contribution is 0.113. The van der Waals surface area contributed by atoms with Crippen molar-refractivity contribution in [3.63, 3.8) is 0 Å². The van der Waals surface area contributed by atoms with Crippen LogP contribution < -0.4 is 5.32 Å². The highest BCUT2D eigenvalue weighted by molar-refractivity contribution is 7.12. The van der Waals surface area contributed by atoms with E-state index in [0.717, 1.165) is 12.5 Å². The maximum absolute atomic E-state index is 3.61. The maximum atomic E-state index is 3.61. The molecule has 1 aliphatic heterocycles. The minimum atomic E-state index is 0.578. The van der Waals surface area contributed by atoms with E-state index in [2.05, 4.69) is 50.0 Å². The lowest BCUT2D eigenvalue weighted by atomic mass is 9.92. The highest BCUT2D eigenvalue weighted by Crippen LogP contribution is 2.30. The zero-order valence-electron chi connectivity index (χ0n) is 12.1. The number of likely N-dealkylation sites (tertiary alicyclic amines) is 1. The highest BCUT2D eigenvalue weighted by atomic mass is 32.1. The fourth-order valence-corrected chi connectivity index (χ4v) is 3.92. The first-order chi connectivity index (χ1) is 8.61. The third kappa shape index (κ3) is 3.14. The number of aryl methyl sites for hydroxylation is 1. The van der Waals surface area contributed by atoms with Gasteiger partial charge in [-0.3, -0.25) is 4.90 Å². The van der Waals surface area contributed by atoms with Gasteiger partial charge in [0.15, 0.2) is 0 Å². The molecule has 0 aliphatic carbocycles. The average Bonchev–Trinajstić information content (AvgIpc) is 2.78. The van der Waals surface area contributed by atoms with Gasteiger partial charge >= 0.3 is 0 Å². The van der Waals surface area contributed by atoms with Gasteiger partial charge in [0.05, 0.1) is 0 Å². The van der Waals surface area contributed by atoms with E-state index < -0.39 is 0 Å². The smallest absolute Gasteiger partial charge is 0.0413 e. The topological polar surface area (TPSA) is 15.3 Å². The van der Waals surface area contributed by atoms with Crippen LogP contribution in [0.3, 0.4) is 0 Å². The number of thiophene rings is 1. The van der Waals surface area contributed by atoms with Gasteiger partial charge in [-0.2, -0.15) is 0 Å². The van der Waals surface area contributed by atoms with Crippen molar-refractivity contribution in [2.45, 2.75) is 46.2 Å². The fourth-order valence-electron chi connectivity index (χ4n) is 2.95. The Kier molecular flexibility index (Phi) is 4.82. The molecular formula is C15H26N2S. The van der Waals surface area contributed by atoms with E-state index in [4.69, 9.17) is 0 Å². The van der Waals surface area contributed by atoms with Gasteiger partial charge in [0.1, 0.15) is 0 Å².